The monoisotopic (exact) mass is 284 g/mol. The van der Waals surface area contributed by atoms with Gasteiger partial charge in [0.2, 0.25) is 0 Å². The molecular formula is C15H22ClFN2. The third kappa shape index (κ3) is 3.28. The van der Waals surface area contributed by atoms with Gasteiger partial charge in [-0.05, 0) is 30.7 Å². The van der Waals surface area contributed by atoms with E-state index in [0.717, 1.165) is 18.8 Å². The van der Waals surface area contributed by atoms with Gasteiger partial charge in [-0.2, -0.15) is 0 Å². The molecule has 1 aromatic carbocycles. The summed E-state index contributed by atoms with van der Waals surface area (Å²) in [5.41, 5.74) is 3.40. The fourth-order valence-corrected chi connectivity index (χ4v) is 3.43. The maximum atomic E-state index is 14.1. The third-order valence-electron chi connectivity index (χ3n) is 4.37. The highest BCUT2D eigenvalue weighted by Gasteiger charge is 2.30. The van der Waals surface area contributed by atoms with Crippen LogP contribution in [0, 0.1) is 17.7 Å². The van der Waals surface area contributed by atoms with Crippen molar-refractivity contribution in [3.63, 3.8) is 0 Å². The second-order valence-electron chi connectivity index (χ2n) is 5.49. The summed E-state index contributed by atoms with van der Waals surface area (Å²) in [5, 5.41) is 0.167. The Balaban J connectivity index is 2.21. The molecule has 3 N–H and O–H groups in total. The second kappa shape index (κ2) is 6.69. The van der Waals surface area contributed by atoms with Crippen LogP contribution in [0.15, 0.2) is 18.2 Å². The molecule has 19 heavy (non-hydrogen) atoms. The van der Waals surface area contributed by atoms with Gasteiger partial charge in [-0.1, -0.05) is 49.9 Å². The quantitative estimate of drug-likeness (QED) is 0.642. The first kappa shape index (κ1) is 14.8. The minimum Gasteiger partial charge on any atom is -0.271 e. The fraction of sp³-hybridized carbons (Fsp3) is 0.600. The lowest BCUT2D eigenvalue weighted by Crippen LogP contribution is -2.36. The molecule has 3 unspecified atom stereocenters. The summed E-state index contributed by atoms with van der Waals surface area (Å²) in [6.45, 7) is 2.22. The summed E-state index contributed by atoms with van der Waals surface area (Å²) in [6.07, 6.45) is 5.87. The van der Waals surface area contributed by atoms with Crippen LogP contribution in [0.4, 0.5) is 4.39 Å². The first-order valence-electron chi connectivity index (χ1n) is 7.07. The molecule has 3 atom stereocenters. The Hall–Kier alpha value is -0.640. The smallest absolute Gasteiger partial charge is 0.146 e. The molecule has 1 aliphatic carbocycles. The zero-order chi connectivity index (χ0) is 13.8. The lowest BCUT2D eigenvalue weighted by atomic mass is 9.75. The Morgan fingerprint density at radius 1 is 1.47 bits per heavy atom. The van der Waals surface area contributed by atoms with Crippen LogP contribution in [-0.4, -0.2) is 0 Å². The average molecular weight is 285 g/mol. The van der Waals surface area contributed by atoms with Gasteiger partial charge in [-0.15, -0.1) is 0 Å². The minimum atomic E-state index is -0.342. The summed E-state index contributed by atoms with van der Waals surface area (Å²) in [5.74, 6) is 6.46. The van der Waals surface area contributed by atoms with E-state index in [2.05, 4.69) is 12.3 Å². The van der Waals surface area contributed by atoms with Gasteiger partial charge in [0.15, 0.2) is 0 Å². The van der Waals surface area contributed by atoms with Crippen molar-refractivity contribution in [2.75, 3.05) is 0 Å². The summed E-state index contributed by atoms with van der Waals surface area (Å²) in [4.78, 5) is 0. The van der Waals surface area contributed by atoms with Gasteiger partial charge in [-0.3, -0.25) is 11.3 Å². The van der Waals surface area contributed by atoms with Crippen molar-refractivity contribution < 1.29 is 4.39 Å². The molecule has 4 heteroatoms. The van der Waals surface area contributed by atoms with E-state index in [4.69, 9.17) is 17.4 Å². The zero-order valence-corrected chi connectivity index (χ0v) is 12.1. The van der Waals surface area contributed by atoms with Crippen molar-refractivity contribution in [3.05, 3.63) is 34.6 Å². The van der Waals surface area contributed by atoms with E-state index < -0.39 is 0 Å². The van der Waals surface area contributed by atoms with Crippen LogP contribution in [0.1, 0.15) is 50.6 Å². The highest BCUT2D eigenvalue weighted by molar-refractivity contribution is 6.30. The van der Waals surface area contributed by atoms with Gasteiger partial charge < -0.3 is 0 Å². The molecule has 0 radical (unpaired) electrons. The van der Waals surface area contributed by atoms with Gasteiger partial charge >= 0.3 is 0 Å². The maximum Gasteiger partial charge on any atom is 0.146 e. The predicted octanol–water partition coefficient (Wildman–Crippen LogP) is 4.20. The Morgan fingerprint density at radius 3 is 2.95 bits per heavy atom. The Labute approximate surface area is 119 Å². The van der Waals surface area contributed by atoms with Crippen LogP contribution in [0.3, 0.4) is 0 Å². The van der Waals surface area contributed by atoms with Crippen molar-refractivity contribution in [1.29, 1.82) is 0 Å². The molecule has 1 fully saturated rings. The first-order chi connectivity index (χ1) is 9.17. The summed E-state index contributed by atoms with van der Waals surface area (Å²) >= 11 is 5.87. The molecule has 0 aliphatic heterocycles. The number of hydrogen-bond acceptors (Lipinski definition) is 2. The van der Waals surface area contributed by atoms with Crippen LogP contribution in [0.25, 0.3) is 0 Å². The first-order valence-corrected chi connectivity index (χ1v) is 7.45. The Bertz CT molecular complexity index is 425. The molecule has 1 aliphatic rings. The molecule has 0 saturated heterocycles. The van der Waals surface area contributed by atoms with E-state index in [9.17, 15) is 4.39 Å². The number of hydrogen-bond donors (Lipinski definition) is 2. The van der Waals surface area contributed by atoms with Crippen LogP contribution in [-0.2, 0) is 0 Å². The highest BCUT2D eigenvalue weighted by Crippen LogP contribution is 2.39. The second-order valence-corrected chi connectivity index (χ2v) is 5.90. The van der Waals surface area contributed by atoms with Gasteiger partial charge in [0.1, 0.15) is 5.82 Å². The molecule has 0 amide bonds. The fourth-order valence-electron chi connectivity index (χ4n) is 3.25. The Morgan fingerprint density at radius 2 is 2.26 bits per heavy atom. The molecular weight excluding hydrogens is 263 g/mol. The van der Waals surface area contributed by atoms with E-state index >= 15 is 0 Å². The summed E-state index contributed by atoms with van der Waals surface area (Å²) < 4.78 is 14.1. The van der Waals surface area contributed by atoms with E-state index in [1.54, 1.807) is 18.2 Å². The SMILES string of the molecule is CCC1CCCC(C(NN)c2cccc(Cl)c2F)C1. The van der Waals surface area contributed by atoms with Crippen molar-refractivity contribution in [1.82, 2.24) is 5.43 Å². The molecule has 0 aromatic heterocycles. The van der Waals surface area contributed by atoms with Gasteiger partial charge in [0.05, 0.1) is 11.1 Å². The van der Waals surface area contributed by atoms with Gasteiger partial charge in [0.25, 0.3) is 0 Å². The predicted molar refractivity (Wildman–Crippen MR) is 77.2 cm³/mol. The van der Waals surface area contributed by atoms with E-state index in [0.29, 0.717) is 11.5 Å². The molecule has 2 nitrogen and oxygen atoms in total. The molecule has 1 aromatic rings. The number of rotatable bonds is 4. The van der Waals surface area contributed by atoms with Crippen LogP contribution < -0.4 is 11.3 Å². The number of nitrogens with one attached hydrogen (secondary N) is 1. The van der Waals surface area contributed by atoms with E-state index in [1.807, 2.05) is 0 Å². The molecule has 0 spiro atoms. The van der Waals surface area contributed by atoms with Gasteiger partial charge in [-0.25, -0.2) is 4.39 Å². The number of halogens is 2. The standard InChI is InChI=1S/C15H22ClFN2/c1-2-10-5-3-6-11(9-10)15(19-18)12-7-4-8-13(16)14(12)17/h4,7-8,10-11,15,19H,2-3,5-6,9,18H2,1H3. The van der Waals surface area contributed by atoms with Crippen molar-refractivity contribution >= 4 is 11.6 Å². The van der Waals surface area contributed by atoms with Gasteiger partial charge in [0, 0.05) is 5.56 Å². The van der Waals surface area contributed by atoms with Crippen molar-refractivity contribution in [3.8, 4) is 0 Å². The van der Waals surface area contributed by atoms with Crippen LogP contribution in [0.2, 0.25) is 5.02 Å². The van der Waals surface area contributed by atoms with Crippen molar-refractivity contribution in [2.24, 2.45) is 17.7 Å². The third-order valence-corrected chi connectivity index (χ3v) is 4.66. The molecule has 106 valence electrons. The number of hydrazine groups is 1. The Kier molecular flexibility index (Phi) is 5.20. The lowest BCUT2D eigenvalue weighted by molar-refractivity contribution is 0.207. The number of nitrogens with two attached hydrogens (primary N) is 1. The van der Waals surface area contributed by atoms with Crippen LogP contribution in [0.5, 0.6) is 0 Å². The average Bonchev–Trinajstić information content (AvgIpc) is 2.44. The van der Waals surface area contributed by atoms with E-state index in [1.165, 1.54) is 19.3 Å². The normalized spacial score (nSPS) is 25.3. The zero-order valence-electron chi connectivity index (χ0n) is 11.3. The minimum absolute atomic E-state index is 0.145. The summed E-state index contributed by atoms with van der Waals surface area (Å²) in [6, 6.07) is 4.99. The van der Waals surface area contributed by atoms with Crippen molar-refractivity contribution in [2.45, 2.75) is 45.1 Å². The lowest BCUT2D eigenvalue weighted by Gasteiger charge is -2.34. The molecule has 0 bridgehead atoms. The topological polar surface area (TPSA) is 38.0 Å². The van der Waals surface area contributed by atoms with Crippen LogP contribution >= 0.6 is 11.6 Å². The maximum absolute atomic E-state index is 14.1. The van der Waals surface area contributed by atoms with E-state index in [-0.39, 0.29) is 16.9 Å². The molecule has 2 rings (SSSR count). The summed E-state index contributed by atoms with van der Waals surface area (Å²) in [7, 11) is 0. The highest BCUT2D eigenvalue weighted by atomic mass is 35.5. The molecule has 1 saturated carbocycles. The largest absolute Gasteiger partial charge is 0.271 e. The molecule has 0 heterocycles. The number of benzene rings is 1.